The van der Waals surface area contributed by atoms with Crippen molar-refractivity contribution in [1.29, 1.82) is 0 Å². The summed E-state index contributed by atoms with van der Waals surface area (Å²) in [5.41, 5.74) is 3.98. The quantitative estimate of drug-likeness (QED) is 0.352. The van der Waals surface area contributed by atoms with Gasteiger partial charge < -0.3 is 15.2 Å². The molecule has 3 N–H and O–H groups in total. The number of anilines is 1. The maximum absolute atomic E-state index is 12.5. The normalized spacial score (nSPS) is 12.0. The van der Waals surface area contributed by atoms with Gasteiger partial charge in [0.1, 0.15) is 11.6 Å². The van der Waals surface area contributed by atoms with E-state index in [1.54, 1.807) is 0 Å². The lowest BCUT2D eigenvalue weighted by molar-refractivity contribution is 0.0691. The van der Waals surface area contributed by atoms with Crippen LogP contribution < -0.4 is 10.6 Å². The number of rotatable bonds is 7. The fourth-order valence-corrected chi connectivity index (χ4v) is 4.59. The minimum atomic E-state index is -1.16. The minimum Gasteiger partial charge on any atom is -0.476 e. The molecule has 2 amide bonds. The number of carboxylic acids is 1. The number of hydrogen-bond acceptors (Lipinski definition) is 9. The first kappa shape index (κ1) is 22.2. The molecule has 4 aromatic rings. The number of amides is 2. The van der Waals surface area contributed by atoms with Crippen molar-refractivity contribution in [2.45, 2.75) is 12.5 Å². The highest BCUT2D eigenvalue weighted by Gasteiger charge is 2.29. The maximum atomic E-state index is 12.5. The van der Waals surface area contributed by atoms with Crippen LogP contribution in [0.4, 0.5) is 10.6 Å². The Balaban J connectivity index is 1.20. The monoisotopic (exact) mass is 491 g/mol. The van der Waals surface area contributed by atoms with Gasteiger partial charge in [0.05, 0.1) is 6.54 Å². The summed E-state index contributed by atoms with van der Waals surface area (Å²) < 4.78 is 10.1. The van der Waals surface area contributed by atoms with Gasteiger partial charge >= 0.3 is 12.1 Å². The molecule has 5 rings (SSSR count). The van der Waals surface area contributed by atoms with Crippen molar-refractivity contribution in [2.75, 3.05) is 11.9 Å². The SMILES string of the molecule is O=C(Nc1nonc1C(=O)NCc1nc(C(=O)O)cs1)OCC1c2ccccc2-c2ccccc21. The van der Waals surface area contributed by atoms with Gasteiger partial charge in [0.25, 0.3) is 5.91 Å². The van der Waals surface area contributed by atoms with Gasteiger partial charge in [-0.25, -0.2) is 19.2 Å². The van der Waals surface area contributed by atoms with Gasteiger partial charge in [-0.1, -0.05) is 48.5 Å². The van der Waals surface area contributed by atoms with Gasteiger partial charge in [-0.2, -0.15) is 0 Å². The summed E-state index contributed by atoms with van der Waals surface area (Å²) in [7, 11) is 0. The lowest BCUT2D eigenvalue weighted by atomic mass is 9.98. The van der Waals surface area contributed by atoms with E-state index in [0.29, 0.717) is 5.01 Å². The summed E-state index contributed by atoms with van der Waals surface area (Å²) in [6.45, 7) is 0.0522. The molecular weight excluding hydrogens is 474 g/mol. The van der Waals surface area contributed by atoms with E-state index >= 15 is 0 Å². The highest BCUT2D eigenvalue weighted by molar-refractivity contribution is 7.09. The van der Waals surface area contributed by atoms with Crippen LogP contribution in [0.1, 0.15) is 43.0 Å². The second-order valence-electron chi connectivity index (χ2n) is 7.53. The zero-order chi connectivity index (χ0) is 24.4. The van der Waals surface area contributed by atoms with Crippen molar-refractivity contribution in [1.82, 2.24) is 20.6 Å². The Morgan fingerprint density at radius 1 is 1.03 bits per heavy atom. The summed E-state index contributed by atoms with van der Waals surface area (Å²) in [6, 6.07) is 15.9. The largest absolute Gasteiger partial charge is 0.476 e. The number of nitrogens with zero attached hydrogens (tertiary/aromatic N) is 3. The van der Waals surface area contributed by atoms with E-state index in [0.717, 1.165) is 33.6 Å². The molecule has 0 bridgehead atoms. The van der Waals surface area contributed by atoms with Gasteiger partial charge in [-0.15, -0.1) is 11.3 Å². The zero-order valence-corrected chi connectivity index (χ0v) is 18.7. The Hall–Kier alpha value is -4.58. The number of thiazole rings is 1. The van der Waals surface area contributed by atoms with Gasteiger partial charge in [-0.05, 0) is 32.6 Å². The Kier molecular flexibility index (Phi) is 5.94. The Morgan fingerprint density at radius 3 is 2.37 bits per heavy atom. The van der Waals surface area contributed by atoms with Crippen molar-refractivity contribution in [3.63, 3.8) is 0 Å². The van der Waals surface area contributed by atoms with Crippen LogP contribution in [0, 0.1) is 0 Å². The van der Waals surface area contributed by atoms with Crippen LogP contribution in [0.2, 0.25) is 0 Å². The number of fused-ring (bicyclic) bond motifs is 3. The van der Waals surface area contributed by atoms with E-state index in [2.05, 4.69) is 30.6 Å². The number of aromatic carboxylic acids is 1. The lowest BCUT2D eigenvalue weighted by Crippen LogP contribution is -2.25. The van der Waals surface area contributed by atoms with Gasteiger partial charge in [0, 0.05) is 11.3 Å². The lowest BCUT2D eigenvalue weighted by Gasteiger charge is -2.14. The fourth-order valence-electron chi connectivity index (χ4n) is 3.88. The third kappa shape index (κ3) is 4.46. The standard InChI is InChI=1S/C23H17N5O6S/c29-21(24-9-18-25-17(11-35-18)22(30)31)19-20(28-34-27-19)26-23(32)33-10-16-14-7-3-1-5-12(14)13-6-2-4-8-15(13)16/h1-8,11,16H,9-10H2,(H,24,29)(H,30,31)(H,26,28,32). The van der Waals surface area contributed by atoms with Crippen LogP contribution in [-0.4, -0.2) is 45.0 Å². The van der Waals surface area contributed by atoms with E-state index < -0.39 is 18.0 Å². The highest BCUT2D eigenvalue weighted by atomic mass is 32.1. The summed E-state index contributed by atoms with van der Waals surface area (Å²) in [5, 5.41) is 22.7. The molecule has 2 aromatic carbocycles. The predicted molar refractivity (Wildman–Crippen MR) is 123 cm³/mol. The molecule has 0 atom stereocenters. The predicted octanol–water partition coefficient (Wildman–Crippen LogP) is 3.52. The summed E-state index contributed by atoms with van der Waals surface area (Å²) >= 11 is 1.09. The van der Waals surface area contributed by atoms with Crippen molar-refractivity contribution in [3.05, 3.63) is 81.4 Å². The number of carbonyl (C=O) groups is 3. The molecule has 0 saturated carbocycles. The van der Waals surface area contributed by atoms with E-state index in [9.17, 15) is 14.4 Å². The third-order valence-corrected chi connectivity index (χ3v) is 6.29. The molecule has 0 spiro atoms. The van der Waals surface area contributed by atoms with Crippen LogP contribution in [0.5, 0.6) is 0 Å². The van der Waals surface area contributed by atoms with Gasteiger partial charge in [0.15, 0.2) is 5.69 Å². The summed E-state index contributed by atoms with van der Waals surface area (Å²) in [4.78, 5) is 39.7. The topological polar surface area (TPSA) is 157 Å². The minimum absolute atomic E-state index is 0.0337. The molecule has 0 saturated heterocycles. The number of benzene rings is 2. The van der Waals surface area contributed by atoms with E-state index in [4.69, 9.17) is 9.84 Å². The number of carboxylic acid groups (broad SMARTS) is 1. The molecule has 1 aliphatic carbocycles. The number of nitrogens with one attached hydrogen (secondary N) is 2. The zero-order valence-electron chi connectivity index (χ0n) is 17.9. The third-order valence-electron chi connectivity index (χ3n) is 5.44. The summed E-state index contributed by atoms with van der Waals surface area (Å²) in [5.74, 6) is -2.17. The van der Waals surface area contributed by atoms with E-state index in [1.165, 1.54) is 5.38 Å². The molecule has 0 radical (unpaired) electrons. The molecule has 0 fully saturated rings. The molecule has 2 aromatic heterocycles. The molecule has 1 aliphatic rings. The number of ether oxygens (including phenoxy) is 1. The first-order valence-electron chi connectivity index (χ1n) is 10.4. The van der Waals surface area contributed by atoms with Crippen molar-refractivity contribution in [3.8, 4) is 11.1 Å². The molecular formula is C23H17N5O6S. The second kappa shape index (κ2) is 9.35. The van der Waals surface area contributed by atoms with Crippen LogP contribution in [-0.2, 0) is 11.3 Å². The Morgan fingerprint density at radius 2 is 1.71 bits per heavy atom. The van der Waals surface area contributed by atoms with E-state index in [1.807, 2.05) is 48.5 Å². The number of hydrogen-bond donors (Lipinski definition) is 3. The van der Waals surface area contributed by atoms with Crippen molar-refractivity contribution >= 4 is 35.1 Å². The van der Waals surface area contributed by atoms with Crippen molar-refractivity contribution in [2.24, 2.45) is 0 Å². The van der Waals surface area contributed by atoms with Crippen LogP contribution in [0.25, 0.3) is 11.1 Å². The molecule has 11 nitrogen and oxygen atoms in total. The van der Waals surface area contributed by atoms with Gasteiger partial charge in [-0.3, -0.25) is 10.1 Å². The van der Waals surface area contributed by atoms with E-state index in [-0.39, 0.29) is 36.3 Å². The van der Waals surface area contributed by atoms with Crippen LogP contribution in [0.15, 0.2) is 58.5 Å². The number of carbonyl (C=O) groups excluding carboxylic acids is 2. The smallest absolute Gasteiger partial charge is 0.412 e. The summed E-state index contributed by atoms with van der Waals surface area (Å²) in [6.07, 6.45) is -0.817. The molecule has 35 heavy (non-hydrogen) atoms. The van der Waals surface area contributed by atoms with Crippen molar-refractivity contribution < 1.29 is 28.9 Å². The Labute approximate surface area is 201 Å². The highest BCUT2D eigenvalue weighted by Crippen LogP contribution is 2.44. The molecule has 0 unspecified atom stereocenters. The molecule has 0 aliphatic heterocycles. The molecule has 176 valence electrons. The average Bonchev–Trinajstić information content (AvgIpc) is 3.59. The van der Waals surface area contributed by atoms with Crippen LogP contribution >= 0.6 is 11.3 Å². The molecule has 12 heteroatoms. The maximum Gasteiger partial charge on any atom is 0.412 e. The fraction of sp³-hybridized carbons (Fsp3) is 0.130. The second-order valence-corrected chi connectivity index (χ2v) is 8.47. The van der Waals surface area contributed by atoms with Gasteiger partial charge in [0.2, 0.25) is 11.5 Å². The van der Waals surface area contributed by atoms with Crippen LogP contribution in [0.3, 0.4) is 0 Å². The first-order chi connectivity index (χ1) is 17.0. The molecule has 2 heterocycles. The number of aromatic nitrogens is 3. The average molecular weight is 491 g/mol. The Bertz CT molecular complexity index is 1390. The first-order valence-corrected chi connectivity index (χ1v) is 11.3.